The molecule has 0 spiro atoms. The molecule has 0 saturated heterocycles. The van der Waals surface area contributed by atoms with Crippen LogP contribution in [0.15, 0.2) is 18.5 Å². The third-order valence-corrected chi connectivity index (χ3v) is 1.61. The quantitative estimate of drug-likeness (QED) is 0.708. The summed E-state index contributed by atoms with van der Waals surface area (Å²) < 4.78 is 1.40. The van der Waals surface area contributed by atoms with Crippen LogP contribution in [0, 0.1) is 22.7 Å². The van der Waals surface area contributed by atoms with Crippen molar-refractivity contribution in [2.45, 2.75) is 6.54 Å². The summed E-state index contributed by atoms with van der Waals surface area (Å²) in [5, 5.41) is 25.7. The molecule has 0 aromatic carbocycles. The second kappa shape index (κ2) is 4.58. The van der Waals surface area contributed by atoms with E-state index in [1.165, 1.54) is 17.0 Å². The van der Waals surface area contributed by atoms with Crippen LogP contribution in [0.2, 0.25) is 0 Å². The lowest BCUT2D eigenvalue weighted by Crippen LogP contribution is -1.98. The molecule has 0 saturated carbocycles. The number of aliphatic carboxylic acids is 1. The summed E-state index contributed by atoms with van der Waals surface area (Å²) in [6.45, 7) is 0.198. The molecule has 0 atom stereocenters. The first kappa shape index (κ1) is 10.5. The van der Waals surface area contributed by atoms with Gasteiger partial charge < -0.3 is 9.67 Å². The van der Waals surface area contributed by atoms with E-state index in [0.717, 1.165) is 6.08 Å². The van der Waals surface area contributed by atoms with E-state index in [2.05, 4.69) is 4.98 Å². The maximum atomic E-state index is 10.2. The Labute approximate surface area is 85.3 Å². The second-order valence-electron chi connectivity index (χ2n) is 2.56. The molecule has 0 amide bonds. The molecule has 1 aromatic heterocycles. The molecule has 15 heavy (non-hydrogen) atoms. The molecular formula is C9H6N4O2. The summed E-state index contributed by atoms with van der Waals surface area (Å²) >= 11 is 0. The van der Waals surface area contributed by atoms with E-state index in [1.807, 2.05) is 6.07 Å². The van der Waals surface area contributed by atoms with Crippen molar-refractivity contribution in [1.82, 2.24) is 9.55 Å². The highest BCUT2D eigenvalue weighted by atomic mass is 16.4. The average molecular weight is 202 g/mol. The number of carbonyl (C=O) groups is 1. The molecule has 0 aliphatic rings. The van der Waals surface area contributed by atoms with Gasteiger partial charge in [0, 0.05) is 12.6 Å². The highest BCUT2D eigenvalue weighted by molar-refractivity contribution is 5.79. The zero-order valence-electron chi connectivity index (χ0n) is 7.58. The third kappa shape index (κ3) is 2.42. The zero-order valence-corrected chi connectivity index (χ0v) is 7.58. The lowest BCUT2D eigenvalue weighted by Gasteiger charge is -1.96. The topological polar surface area (TPSA) is 103 Å². The number of aromatic nitrogens is 2. The lowest BCUT2D eigenvalue weighted by atomic mass is 10.3. The maximum Gasteiger partial charge on any atom is 0.328 e. The van der Waals surface area contributed by atoms with Crippen LogP contribution < -0.4 is 0 Å². The van der Waals surface area contributed by atoms with Crippen molar-refractivity contribution in [2.75, 3.05) is 0 Å². The van der Waals surface area contributed by atoms with Gasteiger partial charge in [0.05, 0.1) is 6.33 Å². The molecular weight excluding hydrogens is 196 g/mol. The Balaban J connectivity index is 2.89. The van der Waals surface area contributed by atoms with E-state index in [1.54, 1.807) is 6.07 Å². The van der Waals surface area contributed by atoms with E-state index < -0.39 is 5.97 Å². The smallest absolute Gasteiger partial charge is 0.328 e. The zero-order chi connectivity index (χ0) is 11.3. The molecule has 0 aliphatic carbocycles. The Morgan fingerprint density at radius 3 is 2.87 bits per heavy atom. The largest absolute Gasteiger partial charge is 0.478 e. The van der Waals surface area contributed by atoms with E-state index in [-0.39, 0.29) is 17.9 Å². The lowest BCUT2D eigenvalue weighted by molar-refractivity contribution is -0.131. The number of allylic oxidation sites excluding steroid dienone is 1. The molecule has 0 fully saturated rings. The third-order valence-electron chi connectivity index (χ3n) is 1.61. The second-order valence-corrected chi connectivity index (χ2v) is 2.56. The number of hydrogen-bond acceptors (Lipinski definition) is 4. The fourth-order valence-electron chi connectivity index (χ4n) is 0.987. The van der Waals surface area contributed by atoms with Crippen molar-refractivity contribution < 1.29 is 9.90 Å². The van der Waals surface area contributed by atoms with Crippen molar-refractivity contribution >= 4 is 5.97 Å². The molecule has 6 heteroatoms. The number of nitrogens with zero attached hydrogens (tertiary/aromatic N) is 4. The Morgan fingerprint density at radius 1 is 1.60 bits per heavy atom. The van der Waals surface area contributed by atoms with Gasteiger partial charge in [0.1, 0.15) is 12.1 Å². The highest BCUT2D eigenvalue weighted by Crippen LogP contribution is 2.04. The molecule has 6 nitrogen and oxygen atoms in total. The van der Waals surface area contributed by atoms with Crippen molar-refractivity contribution in [3.63, 3.8) is 0 Å². The standard InChI is InChI=1S/C9H6N4O2/c10-4-7-8(5-11)13(6-12-7)3-1-2-9(14)15/h1-2,6H,3H2,(H,14,15)/b2-1+. The summed E-state index contributed by atoms with van der Waals surface area (Å²) in [5.74, 6) is -1.06. The minimum atomic E-state index is -1.06. The summed E-state index contributed by atoms with van der Waals surface area (Å²) in [7, 11) is 0. The van der Waals surface area contributed by atoms with Crippen LogP contribution in [0.3, 0.4) is 0 Å². The van der Waals surface area contributed by atoms with Crippen molar-refractivity contribution in [1.29, 1.82) is 10.5 Å². The Morgan fingerprint density at radius 2 is 2.33 bits per heavy atom. The van der Waals surface area contributed by atoms with Gasteiger partial charge >= 0.3 is 5.97 Å². The van der Waals surface area contributed by atoms with E-state index in [9.17, 15) is 4.79 Å². The Kier molecular flexibility index (Phi) is 3.20. The number of carboxylic acids is 1. The fourth-order valence-corrected chi connectivity index (χ4v) is 0.987. The minimum Gasteiger partial charge on any atom is -0.478 e. The molecule has 0 aliphatic heterocycles. The normalized spacial score (nSPS) is 9.73. The van der Waals surface area contributed by atoms with Gasteiger partial charge in [-0.25, -0.2) is 9.78 Å². The van der Waals surface area contributed by atoms with Crippen LogP contribution in [0.25, 0.3) is 0 Å². The molecule has 1 heterocycles. The number of imidazole rings is 1. The van der Waals surface area contributed by atoms with Gasteiger partial charge in [-0.05, 0) is 0 Å². The average Bonchev–Trinajstić information content (AvgIpc) is 2.59. The molecule has 1 rings (SSSR count). The van der Waals surface area contributed by atoms with Crippen LogP contribution in [0.4, 0.5) is 0 Å². The summed E-state index contributed by atoms with van der Waals surface area (Å²) in [6.07, 6.45) is 3.66. The first-order valence-corrected chi connectivity index (χ1v) is 3.94. The predicted molar refractivity (Wildman–Crippen MR) is 48.4 cm³/mol. The molecule has 74 valence electrons. The van der Waals surface area contributed by atoms with Gasteiger partial charge in [0.2, 0.25) is 0 Å². The molecule has 0 radical (unpaired) electrons. The Bertz CT molecular complexity index is 487. The van der Waals surface area contributed by atoms with Gasteiger partial charge in [-0.1, -0.05) is 6.08 Å². The summed E-state index contributed by atoms with van der Waals surface area (Å²) in [5.41, 5.74) is 0.175. The van der Waals surface area contributed by atoms with Gasteiger partial charge in [-0.2, -0.15) is 10.5 Å². The minimum absolute atomic E-state index is 0.0428. The summed E-state index contributed by atoms with van der Waals surface area (Å²) in [6, 6.07) is 3.60. The highest BCUT2D eigenvalue weighted by Gasteiger charge is 2.07. The van der Waals surface area contributed by atoms with Crippen LogP contribution in [0.1, 0.15) is 11.4 Å². The molecule has 0 unspecified atom stereocenters. The maximum absolute atomic E-state index is 10.2. The van der Waals surface area contributed by atoms with E-state index >= 15 is 0 Å². The first-order valence-electron chi connectivity index (χ1n) is 3.94. The van der Waals surface area contributed by atoms with Gasteiger partial charge in [-0.15, -0.1) is 0 Å². The van der Waals surface area contributed by atoms with Crippen molar-refractivity contribution in [3.8, 4) is 12.1 Å². The van der Waals surface area contributed by atoms with Crippen LogP contribution in [-0.2, 0) is 11.3 Å². The predicted octanol–water partition coefficient (Wildman–Crippen LogP) is 0.267. The monoisotopic (exact) mass is 202 g/mol. The van der Waals surface area contributed by atoms with Gasteiger partial charge in [0.15, 0.2) is 11.4 Å². The van der Waals surface area contributed by atoms with Gasteiger partial charge in [-0.3, -0.25) is 0 Å². The van der Waals surface area contributed by atoms with E-state index in [4.69, 9.17) is 15.6 Å². The first-order chi connectivity index (χ1) is 7.19. The van der Waals surface area contributed by atoms with E-state index in [0.29, 0.717) is 0 Å². The number of rotatable bonds is 3. The van der Waals surface area contributed by atoms with Crippen LogP contribution in [0.5, 0.6) is 0 Å². The van der Waals surface area contributed by atoms with Crippen molar-refractivity contribution in [3.05, 3.63) is 29.9 Å². The number of carboxylic acid groups (broad SMARTS) is 1. The van der Waals surface area contributed by atoms with Crippen LogP contribution in [-0.4, -0.2) is 20.6 Å². The SMILES string of the molecule is N#Cc1ncn(C/C=C/C(=O)O)c1C#N. The number of nitriles is 2. The van der Waals surface area contributed by atoms with Gasteiger partial charge in [0.25, 0.3) is 0 Å². The molecule has 1 N–H and O–H groups in total. The number of hydrogen-bond donors (Lipinski definition) is 1. The van der Waals surface area contributed by atoms with Crippen molar-refractivity contribution in [2.24, 2.45) is 0 Å². The molecule has 1 aromatic rings. The summed E-state index contributed by atoms with van der Waals surface area (Å²) in [4.78, 5) is 13.9. The Hall–Kier alpha value is -2.60. The molecule has 0 bridgehead atoms. The fraction of sp³-hybridized carbons (Fsp3) is 0.111. The van der Waals surface area contributed by atoms with Crippen LogP contribution >= 0.6 is 0 Å².